The van der Waals surface area contributed by atoms with Crippen LogP contribution in [0.3, 0.4) is 0 Å². The molecular formula is C10H24N2O3S. The van der Waals surface area contributed by atoms with E-state index in [9.17, 15) is 8.42 Å². The zero-order valence-electron chi connectivity index (χ0n) is 10.6. The van der Waals surface area contributed by atoms with Gasteiger partial charge in [-0.25, -0.2) is 8.42 Å². The Kier molecular flexibility index (Phi) is 7.91. The summed E-state index contributed by atoms with van der Waals surface area (Å²) in [6.45, 7) is 6.53. The molecule has 98 valence electrons. The predicted molar refractivity (Wildman–Crippen MR) is 66.5 cm³/mol. The molecule has 0 radical (unpaired) electrons. The zero-order valence-corrected chi connectivity index (χ0v) is 11.4. The second kappa shape index (κ2) is 8.00. The number of hydrogen-bond donors (Lipinski definition) is 2. The van der Waals surface area contributed by atoms with Gasteiger partial charge >= 0.3 is 0 Å². The quantitative estimate of drug-likeness (QED) is 0.548. The first-order valence-corrected chi connectivity index (χ1v) is 7.45. The average molecular weight is 252 g/mol. The fourth-order valence-corrected chi connectivity index (χ4v) is 1.48. The number of sulfone groups is 1. The highest BCUT2D eigenvalue weighted by molar-refractivity contribution is 7.91. The van der Waals surface area contributed by atoms with Crippen molar-refractivity contribution in [1.29, 1.82) is 0 Å². The highest BCUT2D eigenvalue weighted by atomic mass is 32.2. The van der Waals surface area contributed by atoms with Gasteiger partial charge in [0.1, 0.15) is 0 Å². The smallest absolute Gasteiger partial charge is 0.151 e. The summed E-state index contributed by atoms with van der Waals surface area (Å²) in [4.78, 5) is 0. The maximum atomic E-state index is 11.2. The molecule has 0 aromatic heterocycles. The Morgan fingerprint density at radius 2 is 1.88 bits per heavy atom. The van der Waals surface area contributed by atoms with Crippen LogP contribution in [0.25, 0.3) is 0 Å². The van der Waals surface area contributed by atoms with Crippen molar-refractivity contribution in [1.82, 2.24) is 10.6 Å². The Hall–Kier alpha value is -0.170. The second-order valence-electron chi connectivity index (χ2n) is 4.15. The van der Waals surface area contributed by atoms with Crippen LogP contribution in [0.15, 0.2) is 0 Å². The van der Waals surface area contributed by atoms with Gasteiger partial charge in [-0.3, -0.25) is 0 Å². The van der Waals surface area contributed by atoms with Gasteiger partial charge in [-0.05, 0) is 13.8 Å². The van der Waals surface area contributed by atoms with Crippen LogP contribution in [0.5, 0.6) is 0 Å². The number of nitrogens with one attached hydrogen (secondary N) is 2. The monoisotopic (exact) mass is 252 g/mol. The van der Waals surface area contributed by atoms with Crippen molar-refractivity contribution in [2.45, 2.75) is 25.1 Å². The van der Waals surface area contributed by atoms with Gasteiger partial charge in [0.05, 0.1) is 11.9 Å². The summed E-state index contributed by atoms with van der Waals surface area (Å²) in [5.74, 6) is 0. The van der Waals surface area contributed by atoms with Crippen LogP contribution in [0, 0.1) is 0 Å². The highest BCUT2D eigenvalue weighted by Crippen LogP contribution is 1.96. The Labute approximate surface area is 98.9 Å². The molecule has 16 heavy (non-hydrogen) atoms. The van der Waals surface area contributed by atoms with E-state index in [1.807, 2.05) is 6.92 Å². The van der Waals surface area contributed by atoms with Crippen LogP contribution in [0.4, 0.5) is 0 Å². The van der Waals surface area contributed by atoms with Crippen LogP contribution in [0.2, 0.25) is 0 Å². The van der Waals surface area contributed by atoms with E-state index in [-0.39, 0.29) is 11.3 Å². The molecule has 5 nitrogen and oxygen atoms in total. The van der Waals surface area contributed by atoms with E-state index in [2.05, 4.69) is 10.6 Å². The minimum absolute atomic E-state index is 0.251. The number of rotatable bonds is 9. The molecule has 0 aliphatic heterocycles. The fourth-order valence-electron chi connectivity index (χ4n) is 1.08. The van der Waals surface area contributed by atoms with Crippen molar-refractivity contribution in [3.8, 4) is 0 Å². The van der Waals surface area contributed by atoms with Gasteiger partial charge in [0, 0.05) is 39.0 Å². The lowest BCUT2D eigenvalue weighted by Crippen LogP contribution is -2.41. The van der Waals surface area contributed by atoms with Crippen molar-refractivity contribution in [3.63, 3.8) is 0 Å². The predicted octanol–water partition coefficient (Wildman–Crippen LogP) is -0.366. The average Bonchev–Trinajstić information content (AvgIpc) is 2.19. The fraction of sp³-hybridized carbons (Fsp3) is 1.00. The summed E-state index contributed by atoms with van der Waals surface area (Å²) in [7, 11) is -1.27. The van der Waals surface area contributed by atoms with Crippen LogP contribution in [-0.2, 0) is 14.6 Å². The lowest BCUT2D eigenvalue weighted by molar-refractivity contribution is 0.198. The first kappa shape index (κ1) is 15.8. The number of methoxy groups -OCH3 is 1. The Bertz CT molecular complexity index is 267. The molecular weight excluding hydrogens is 228 g/mol. The van der Waals surface area contributed by atoms with E-state index in [0.29, 0.717) is 13.2 Å². The van der Waals surface area contributed by atoms with Crippen LogP contribution < -0.4 is 10.6 Å². The molecule has 0 amide bonds. The molecule has 0 aliphatic carbocycles. The van der Waals surface area contributed by atoms with Gasteiger partial charge in [0.2, 0.25) is 0 Å². The van der Waals surface area contributed by atoms with Gasteiger partial charge in [-0.2, -0.15) is 0 Å². The molecule has 0 heterocycles. The SMILES string of the molecule is COCCNCC(C)NCC(C)S(C)(=O)=O. The molecule has 0 aromatic carbocycles. The zero-order chi connectivity index (χ0) is 12.6. The topological polar surface area (TPSA) is 67.4 Å². The number of hydrogen-bond acceptors (Lipinski definition) is 5. The summed E-state index contributed by atoms with van der Waals surface area (Å²) in [6, 6.07) is 0.251. The molecule has 0 spiro atoms. The van der Waals surface area contributed by atoms with E-state index in [0.717, 1.165) is 13.1 Å². The van der Waals surface area contributed by atoms with Crippen LogP contribution in [-0.4, -0.2) is 59.3 Å². The van der Waals surface area contributed by atoms with E-state index < -0.39 is 9.84 Å². The summed E-state index contributed by atoms with van der Waals surface area (Å²) >= 11 is 0. The molecule has 0 saturated heterocycles. The molecule has 0 saturated carbocycles. The maximum absolute atomic E-state index is 11.2. The molecule has 2 unspecified atom stereocenters. The van der Waals surface area contributed by atoms with E-state index in [1.165, 1.54) is 6.26 Å². The van der Waals surface area contributed by atoms with E-state index in [4.69, 9.17) is 4.74 Å². The first-order chi connectivity index (χ1) is 7.38. The Balaban J connectivity index is 3.61. The van der Waals surface area contributed by atoms with Crippen molar-refractivity contribution < 1.29 is 13.2 Å². The van der Waals surface area contributed by atoms with E-state index in [1.54, 1.807) is 14.0 Å². The lowest BCUT2D eigenvalue weighted by Gasteiger charge is -2.17. The molecule has 2 N–H and O–H groups in total. The lowest BCUT2D eigenvalue weighted by atomic mass is 10.3. The van der Waals surface area contributed by atoms with Gasteiger partial charge in [0.15, 0.2) is 9.84 Å². The molecule has 2 atom stereocenters. The van der Waals surface area contributed by atoms with Crippen molar-refractivity contribution in [3.05, 3.63) is 0 Å². The largest absolute Gasteiger partial charge is 0.383 e. The summed E-state index contributed by atoms with van der Waals surface area (Å²) in [6.07, 6.45) is 1.26. The molecule has 6 heteroatoms. The standard InChI is InChI=1S/C10H24N2O3S/c1-9(7-11-5-6-15-3)12-8-10(2)16(4,13)14/h9-12H,5-8H2,1-4H3. The van der Waals surface area contributed by atoms with Crippen LogP contribution >= 0.6 is 0 Å². The number of ether oxygens (including phenoxy) is 1. The highest BCUT2D eigenvalue weighted by Gasteiger charge is 2.14. The van der Waals surface area contributed by atoms with Crippen LogP contribution in [0.1, 0.15) is 13.8 Å². The second-order valence-corrected chi connectivity index (χ2v) is 6.61. The maximum Gasteiger partial charge on any atom is 0.151 e. The Morgan fingerprint density at radius 1 is 1.25 bits per heavy atom. The Morgan fingerprint density at radius 3 is 2.38 bits per heavy atom. The first-order valence-electron chi connectivity index (χ1n) is 5.49. The molecule has 0 aromatic rings. The summed E-state index contributed by atoms with van der Waals surface area (Å²) in [5, 5.41) is 6.06. The van der Waals surface area contributed by atoms with Gasteiger partial charge in [-0.1, -0.05) is 0 Å². The molecule has 0 rings (SSSR count). The molecule has 0 fully saturated rings. The van der Waals surface area contributed by atoms with E-state index >= 15 is 0 Å². The molecule has 0 aliphatic rings. The minimum Gasteiger partial charge on any atom is -0.383 e. The van der Waals surface area contributed by atoms with Gasteiger partial charge in [0.25, 0.3) is 0 Å². The minimum atomic E-state index is -2.93. The van der Waals surface area contributed by atoms with Crippen molar-refractivity contribution >= 4 is 9.84 Å². The van der Waals surface area contributed by atoms with Crippen molar-refractivity contribution in [2.24, 2.45) is 0 Å². The van der Waals surface area contributed by atoms with Crippen molar-refractivity contribution in [2.75, 3.05) is 39.6 Å². The van der Waals surface area contributed by atoms with Gasteiger partial charge < -0.3 is 15.4 Å². The summed E-state index contributed by atoms with van der Waals surface area (Å²) in [5.41, 5.74) is 0. The van der Waals surface area contributed by atoms with Gasteiger partial charge in [-0.15, -0.1) is 0 Å². The third kappa shape index (κ3) is 8.04. The summed E-state index contributed by atoms with van der Waals surface area (Å²) < 4.78 is 27.2. The molecule has 0 bridgehead atoms. The normalized spacial score (nSPS) is 16.0. The third-order valence-corrected chi connectivity index (χ3v) is 4.05. The third-order valence-electron chi connectivity index (χ3n) is 2.42.